The third-order valence-electron chi connectivity index (χ3n) is 3.09. The van der Waals surface area contributed by atoms with Gasteiger partial charge in [-0.05, 0) is 42.7 Å². The Morgan fingerprint density at radius 3 is 2.43 bits per heavy atom. The maximum absolute atomic E-state index is 12.1. The number of carbonyl (C=O) groups is 2. The van der Waals surface area contributed by atoms with Gasteiger partial charge in [0.05, 0.1) is 5.00 Å². The summed E-state index contributed by atoms with van der Waals surface area (Å²) >= 11 is 1.05. The molecule has 21 heavy (non-hydrogen) atoms. The van der Waals surface area contributed by atoms with Crippen LogP contribution in [0.3, 0.4) is 0 Å². The molecule has 0 atom stereocenters. The van der Waals surface area contributed by atoms with Gasteiger partial charge < -0.3 is 10.4 Å². The molecule has 110 valence electrons. The number of carboxylic acids is 1. The Morgan fingerprint density at radius 2 is 1.86 bits per heavy atom. The maximum Gasteiger partial charge on any atom is 0.345 e. The summed E-state index contributed by atoms with van der Waals surface area (Å²) in [5.74, 6) is -1.21. The van der Waals surface area contributed by atoms with Gasteiger partial charge in [-0.3, -0.25) is 4.79 Å². The molecule has 0 radical (unpaired) electrons. The zero-order valence-electron chi connectivity index (χ0n) is 11.8. The second-order valence-electron chi connectivity index (χ2n) is 4.72. The fourth-order valence-electron chi connectivity index (χ4n) is 1.91. The van der Waals surface area contributed by atoms with Crippen LogP contribution < -0.4 is 5.32 Å². The zero-order valence-corrected chi connectivity index (χ0v) is 12.6. The first kappa shape index (κ1) is 15.3. The van der Waals surface area contributed by atoms with E-state index in [9.17, 15) is 9.59 Å². The van der Waals surface area contributed by atoms with E-state index in [2.05, 4.69) is 12.2 Å². The molecule has 0 saturated heterocycles. The minimum atomic E-state index is -0.985. The van der Waals surface area contributed by atoms with Crippen molar-refractivity contribution in [3.8, 4) is 0 Å². The minimum absolute atomic E-state index is 0.209. The van der Waals surface area contributed by atoms with Crippen molar-refractivity contribution >= 4 is 28.2 Å². The molecular weight excluding hydrogens is 286 g/mol. The Labute approximate surface area is 127 Å². The van der Waals surface area contributed by atoms with Gasteiger partial charge in [0.2, 0.25) is 0 Å². The van der Waals surface area contributed by atoms with E-state index in [4.69, 9.17) is 5.11 Å². The molecule has 2 rings (SSSR count). The number of amides is 1. The molecule has 1 aromatic heterocycles. The third-order valence-corrected chi connectivity index (χ3v) is 4.08. The molecule has 0 spiro atoms. The minimum Gasteiger partial charge on any atom is -0.477 e. The highest BCUT2D eigenvalue weighted by molar-refractivity contribution is 7.18. The van der Waals surface area contributed by atoms with E-state index >= 15 is 0 Å². The summed E-state index contributed by atoms with van der Waals surface area (Å²) in [5, 5.41) is 12.1. The molecule has 0 fully saturated rings. The molecule has 2 aromatic rings. The fourth-order valence-corrected chi connectivity index (χ4v) is 2.65. The van der Waals surface area contributed by atoms with Crippen LogP contribution >= 0.6 is 11.3 Å². The van der Waals surface area contributed by atoms with Crippen LogP contribution in [0.2, 0.25) is 0 Å². The van der Waals surface area contributed by atoms with Crippen molar-refractivity contribution in [2.45, 2.75) is 26.2 Å². The number of hydrogen-bond donors (Lipinski definition) is 2. The van der Waals surface area contributed by atoms with Crippen LogP contribution in [0.25, 0.3) is 0 Å². The monoisotopic (exact) mass is 303 g/mol. The predicted octanol–water partition coefficient (Wildman–Crippen LogP) is 4.04. The summed E-state index contributed by atoms with van der Waals surface area (Å²) < 4.78 is 0. The lowest BCUT2D eigenvalue weighted by atomic mass is 10.1. The zero-order chi connectivity index (χ0) is 15.2. The van der Waals surface area contributed by atoms with E-state index in [-0.39, 0.29) is 10.8 Å². The number of aromatic carboxylic acids is 1. The van der Waals surface area contributed by atoms with Crippen molar-refractivity contribution in [2.75, 3.05) is 5.32 Å². The SMILES string of the molecule is CCCCc1ccc(C(=O)Nc2ccc(C(=O)O)s2)cc1. The second kappa shape index (κ2) is 7.04. The lowest BCUT2D eigenvalue weighted by Crippen LogP contribution is -2.10. The van der Waals surface area contributed by atoms with Gasteiger partial charge in [-0.25, -0.2) is 4.79 Å². The third kappa shape index (κ3) is 4.16. The smallest absolute Gasteiger partial charge is 0.345 e. The Kier molecular flexibility index (Phi) is 5.11. The number of carboxylic acid groups (broad SMARTS) is 1. The maximum atomic E-state index is 12.1. The molecule has 1 aromatic carbocycles. The average Bonchev–Trinajstić information content (AvgIpc) is 2.94. The highest BCUT2D eigenvalue weighted by Gasteiger charge is 2.10. The van der Waals surface area contributed by atoms with Crippen molar-refractivity contribution < 1.29 is 14.7 Å². The van der Waals surface area contributed by atoms with Crippen LogP contribution in [-0.4, -0.2) is 17.0 Å². The Bertz CT molecular complexity index is 631. The molecule has 1 heterocycles. The lowest BCUT2D eigenvalue weighted by Gasteiger charge is -2.04. The van der Waals surface area contributed by atoms with Crippen LogP contribution in [0.4, 0.5) is 5.00 Å². The van der Waals surface area contributed by atoms with E-state index in [1.165, 1.54) is 11.6 Å². The Balaban J connectivity index is 2.00. The van der Waals surface area contributed by atoms with Crippen LogP contribution in [0.1, 0.15) is 45.4 Å². The van der Waals surface area contributed by atoms with E-state index in [1.54, 1.807) is 18.2 Å². The normalized spacial score (nSPS) is 10.3. The fraction of sp³-hybridized carbons (Fsp3) is 0.250. The van der Waals surface area contributed by atoms with Crippen molar-refractivity contribution in [2.24, 2.45) is 0 Å². The van der Waals surface area contributed by atoms with Crippen LogP contribution in [-0.2, 0) is 6.42 Å². The number of hydrogen-bond acceptors (Lipinski definition) is 3. The van der Waals surface area contributed by atoms with Crippen molar-refractivity contribution in [1.29, 1.82) is 0 Å². The number of benzene rings is 1. The second-order valence-corrected chi connectivity index (χ2v) is 5.81. The Morgan fingerprint density at radius 1 is 1.14 bits per heavy atom. The molecule has 2 N–H and O–H groups in total. The quantitative estimate of drug-likeness (QED) is 0.846. The molecule has 0 aliphatic carbocycles. The highest BCUT2D eigenvalue weighted by Crippen LogP contribution is 2.22. The number of aryl methyl sites for hydroxylation is 1. The van der Waals surface area contributed by atoms with Gasteiger partial charge in [-0.2, -0.15) is 0 Å². The molecule has 5 heteroatoms. The molecule has 0 aliphatic rings. The molecular formula is C16H17NO3S. The summed E-state index contributed by atoms with van der Waals surface area (Å²) in [4.78, 5) is 23.1. The number of carbonyl (C=O) groups excluding carboxylic acids is 1. The van der Waals surface area contributed by atoms with E-state index in [1.807, 2.05) is 12.1 Å². The van der Waals surface area contributed by atoms with E-state index < -0.39 is 5.97 Å². The topological polar surface area (TPSA) is 66.4 Å². The van der Waals surface area contributed by atoms with Gasteiger partial charge in [0.1, 0.15) is 4.88 Å². The van der Waals surface area contributed by atoms with Gasteiger partial charge >= 0.3 is 5.97 Å². The average molecular weight is 303 g/mol. The summed E-state index contributed by atoms with van der Waals surface area (Å²) in [6, 6.07) is 10.6. The molecule has 0 aliphatic heterocycles. The molecule has 0 saturated carbocycles. The Hall–Kier alpha value is -2.14. The highest BCUT2D eigenvalue weighted by atomic mass is 32.1. The van der Waals surface area contributed by atoms with Gasteiger partial charge in [0.15, 0.2) is 0 Å². The lowest BCUT2D eigenvalue weighted by molar-refractivity contribution is 0.0702. The number of anilines is 1. The predicted molar refractivity (Wildman–Crippen MR) is 84.3 cm³/mol. The summed E-state index contributed by atoms with van der Waals surface area (Å²) in [5.41, 5.74) is 1.79. The summed E-state index contributed by atoms with van der Waals surface area (Å²) in [7, 11) is 0. The molecule has 0 bridgehead atoms. The van der Waals surface area contributed by atoms with Crippen molar-refractivity contribution in [3.05, 3.63) is 52.4 Å². The first-order valence-electron chi connectivity index (χ1n) is 6.83. The number of thiophene rings is 1. The van der Waals surface area contributed by atoms with Gasteiger partial charge in [0.25, 0.3) is 5.91 Å². The van der Waals surface area contributed by atoms with Crippen LogP contribution in [0.15, 0.2) is 36.4 Å². The van der Waals surface area contributed by atoms with Crippen LogP contribution in [0, 0.1) is 0 Å². The first-order chi connectivity index (χ1) is 10.1. The molecule has 0 unspecified atom stereocenters. The van der Waals surface area contributed by atoms with Gasteiger partial charge in [0, 0.05) is 5.56 Å². The standard InChI is InChI=1S/C16H17NO3S/c1-2-3-4-11-5-7-12(8-6-11)15(18)17-14-10-9-13(21-14)16(19)20/h5-10H,2-4H2,1H3,(H,17,18)(H,19,20). The van der Waals surface area contributed by atoms with E-state index in [0.717, 1.165) is 30.6 Å². The largest absolute Gasteiger partial charge is 0.477 e. The number of nitrogens with one attached hydrogen (secondary N) is 1. The van der Waals surface area contributed by atoms with Crippen LogP contribution in [0.5, 0.6) is 0 Å². The first-order valence-corrected chi connectivity index (χ1v) is 7.65. The summed E-state index contributed by atoms with van der Waals surface area (Å²) in [6.07, 6.45) is 3.30. The van der Waals surface area contributed by atoms with Gasteiger partial charge in [-0.15, -0.1) is 11.3 Å². The molecule has 1 amide bonds. The van der Waals surface area contributed by atoms with Crippen molar-refractivity contribution in [1.82, 2.24) is 0 Å². The number of rotatable bonds is 6. The molecule has 4 nitrogen and oxygen atoms in total. The van der Waals surface area contributed by atoms with E-state index in [0.29, 0.717) is 10.6 Å². The number of unbranched alkanes of at least 4 members (excludes halogenated alkanes) is 1. The van der Waals surface area contributed by atoms with Crippen molar-refractivity contribution in [3.63, 3.8) is 0 Å². The van der Waals surface area contributed by atoms with Gasteiger partial charge in [-0.1, -0.05) is 25.5 Å². The summed E-state index contributed by atoms with van der Waals surface area (Å²) in [6.45, 7) is 2.15.